The summed E-state index contributed by atoms with van der Waals surface area (Å²) in [6.07, 6.45) is 3.35. The molecule has 1 aromatic carbocycles. The van der Waals surface area contributed by atoms with Gasteiger partial charge in [0.2, 0.25) is 5.96 Å². The van der Waals surface area contributed by atoms with E-state index in [1.54, 1.807) is 19.3 Å². The van der Waals surface area contributed by atoms with E-state index in [1.165, 1.54) is 10.9 Å². The van der Waals surface area contributed by atoms with Crippen molar-refractivity contribution in [2.75, 3.05) is 26.7 Å². The highest BCUT2D eigenvalue weighted by atomic mass is 19.1. The zero-order valence-corrected chi connectivity index (χ0v) is 19.2. The molecule has 0 atom stereocenters. The zero-order chi connectivity index (χ0) is 22.7. The van der Waals surface area contributed by atoms with Crippen LogP contribution in [0, 0.1) is 11.7 Å². The van der Waals surface area contributed by atoms with E-state index in [1.807, 2.05) is 24.8 Å². The average molecular weight is 446 g/mol. The highest BCUT2D eigenvalue weighted by molar-refractivity contribution is 5.80. The summed E-state index contributed by atoms with van der Waals surface area (Å²) in [7, 11) is 3.88. The van der Waals surface area contributed by atoms with Crippen molar-refractivity contribution in [3.8, 4) is 5.75 Å². The van der Waals surface area contributed by atoms with Crippen molar-refractivity contribution in [1.29, 1.82) is 0 Å². The van der Waals surface area contributed by atoms with Crippen molar-refractivity contribution in [2.24, 2.45) is 18.0 Å². The van der Waals surface area contributed by atoms with Gasteiger partial charge in [0.05, 0.1) is 19.3 Å². The number of rotatable bonds is 7. The van der Waals surface area contributed by atoms with Crippen LogP contribution in [-0.2, 0) is 25.0 Å². The van der Waals surface area contributed by atoms with Crippen LogP contribution in [0.5, 0.6) is 5.75 Å². The van der Waals surface area contributed by atoms with Gasteiger partial charge in [-0.05, 0) is 30.7 Å². The van der Waals surface area contributed by atoms with E-state index in [-0.39, 0.29) is 11.6 Å². The molecule has 2 aliphatic rings. The van der Waals surface area contributed by atoms with Gasteiger partial charge in [0.15, 0.2) is 17.3 Å². The Morgan fingerprint density at radius 2 is 2.03 bits per heavy atom. The molecule has 1 N–H and O–H groups in total. The van der Waals surface area contributed by atoms with Gasteiger partial charge in [0, 0.05) is 39.5 Å². The van der Waals surface area contributed by atoms with Crippen LogP contribution in [0.3, 0.4) is 0 Å². The molecule has 10 heteroatoms. The number of aromatic nitrogens is 3. The Hall–Kier alpha value is -2.72. The van der Waals surface area contributed by atoms with Crippen molar-refractivity contribution in [2.45, 2.75) is 45.5 Å². The van der Waals surface area contributed by atoms with Gasteiger partial charge in [-0.2, -0.15) is 15.0 Å². The molecule has 0 amide bonds. The Kier molecular flexibility index (Phi) is 6.61. The van der Waals surface area contributed by atoms with Gasteiger partial charge < -0.3 is 14.5 Å². The molecule has 0 bridgehead atoms. The molecule has 4 rings (SSSR count). The first-order valence-electron chi connectivity index (χ1n) is 11.1. The van der Waals surface area contributed by atoms with Gasteiger partial charge in [-0.15, -0.1) is 0 Å². The summed E-state index contributed by atoms with van der Waals surface area (Å²) in [5.74, 6) is 0.857. The molecule has 0 unspecified atom stereocenters. The normalized spacial score (nSPS) is 18.1. The van der Waals surface area contributed by atoms with Crippen LogP contribution in [-0.4, -0.2) is 63.2 Å². The van der Waals surface area contributed by atoms with Gasteiger partial charge in [0.25, 0.3) is 0 Å². The van der Waals surface area contributed by atoms with Crippen LogP contribution in [0.25, 0.3) is 0 Å². The zero-order valence-electron chi connectivity index (χ0n) is 19.2. The molecule has 1 aromatic heterocycles. The van der Waals surface area contributed by atoms with Crippen LogP contribution in [0.2, 0.25) is 0 Å². The fraction of sp³-hybridized carbons (Fsp3) is 0.591. The highest BCUT2D eigenvalue weighted by Crippen LogP contribution is 2.30. The number of likely N-dealkylation sites (tertiary alicyclic amines) is 1. The largest absolute Gasteiger partial charge is 0.490 e. The van der Waals surface area contributed by atoms with Gasteiger partial charge in [-0.25, -0.2) is 19.7 Å². The molecule has 0 radical (unpaired) electrons. The SMILES string of the molecule is CC(C)COc1ccc(CN(Cc2cnn(C)n2)C2=NC3(CCN(C)CC3)ON2)cc1F. The van der Waals surface area contributed by atoms with E-state index in [9.17, 15) is 4.39 Å². The third kappa shape index (κ3) is 5.36. The number of hydroxylamine groups is 1. The molecule has 9 nitrogen and oxygen atoms in total. The number of guanidine groups is 1. The van der Waals surface area contributed by atoms with Gasteiger partial charge in [-0.1, -0.05) is 19.9 Å². The fourth-order valence-electron chi connectivity index (χ4n) is 3.79. The highest BCUT2D eigenvalue weighted by Gasteiger charge is 2.40. The van der Waals surface area contributed by atoms with E-state index in [2.05, 4.69) is 27.6 Å². The minimum Gasteiger partial charge on any atom is -0.490 e. The summed E-state index contributed by atoms with van der Waals surface area (Å²) in [6.45, 7) is 7.29. The standard InChI is InChI=1S/C22H32FN7O2/c1-16(2)15-31-20-6-5-17(11-19(20)23)13-30(14-18-12-24-29(4)26-18)21-25-22(32-27-21)7-9-28(3)10-8-22/h5-6,11-12,16H,7-10,13-15H2,1-4H3,(H,25,27). The number of ether oxygens (including phenoxy) is 1. The lowest BCUT2D eigenvalue weighted by molar-refractivity contribution is -0.0875. The maximum Gasteiger partial charge on any atom is 0.222 e. The number of aliphatic imine (C=N–C) groups is 1. The quantitative estimate of drug-likeness (QED) is 0.701. The monoisotopic (exact) mass is 445 g/mol. The van der Waals surface area contributed by atoms with E-state index in [0.29, 0.717) is 31.6 Å². The predicted molar refractivity (Wildman–Crippen MR) is 118 cm³/mol. The molecule has 1 saturated heterocycles. The molecular formula is C22H32FN7O2. The molecular weight excluding hydrogens is 413 g/mol. The molecule has 0 saturated carbocycles. The minimum absolute atomic E-state index is 0.271. The summed E-state index contributed by atoms with van der Waals surface area (Å²) in [5.41, 5.74) is 4.06. The van der Waals surface area contributed by atoms with Gasteiger partial charge in [0.1, 0.15) is 5.69 Å². The molecule has 2 aromatic rings. The maximum absolute atomic E-state index is 14.6. The van der Waals surface area contributed by atoms with Crippen LogP contribution < -0.4 is 10.2 Å². The summed E-state index contributed by atoms with van der Waals surface area (Å²) < 4.78 is 20.2. The average Bonchev–Trinajstić information content (AvgIpc) is 3.36. The number of benzene rings is 1. The van der Waals surface area contributed by atoms with Crippen molar-refractivity contribution >= 4 is 5.96 Å². The van der Waals surface area contributed by atoms with E-state index < -0.39 is 5.72 Å². The number of aryl methyl sites for hydroxylation is 1. The third-order valence-corrected chi connectivity index (χ3v) is 5.65. The van der Waals surface area contributed by atoms with E-state index >= 15 is 0 Å². The van der Waals surface area contributed by atoms with Gasteiger partial charge in [-0.3, -0.25) is 0 Å². The van der Waals surface area contributed by atoms with Crippen LogP contribution in [0.4, 0.5) is 4.39 Å². The molecule has 0 aliphatic carbocycles. The van der Waals surface area contributed by atoms with Crippen LogP contribution >= 0.6 is 0 Å². The number of hydrogen-bond acceptors (Lipinski definition) is 8. The lowest BCUT2D eigenvalue weighted by Crippen LogP contribution is -2.43. The number of halogens is 1. The molecule has 3 heterocycles. The Bertz CT molecular complexity index is 954. The fourth-order valence-corrected chi connectivity index (χ4v) is 3.79. The molecule has 1 spiro atoms. The number of hydrogen-bond donors (Lipinski definition) is 1. The lowest BCUT2D eigenvalue weighted by Gasteiger charge is -2.33. The smallest absolute Gasteiger partial charge is 0.222 e. The second kappa shape index (κ2) is 9.41. The predicted octanol–water partition coefficient (Wildman–Crippen LogP) is 2.30. The summed E-state index contributed by atoms with van der Waals surface area (Å²) in [5, 5.41) is 8.55. The second-order valence-electron chi connectivity index (χ2n) is 9.04. The minimum atomic E-state index is -0.553. The summed E-state index contributed by atoms with van der Waals surface area (Å²) >= 11 is 0. The summed E-state index contributed by atoms with van der Waals surface area (Å²) in [4.78, 5) is 16.6. The second-order valence-corrected chi connectivity index (χ2v) is 9.04. The molecule has 32 heavy (non-hydrogen) atoms. The Balaban J connectivity index is 1.53. The molecule has 1 fully saturated rings. The molecule has 2 aliphatic heterocycles. The third-order valence-electron chi connectivity index (χ3n) is 5.65. The first-order chi connectivity index (χ1) is 15.3. The first kappa shape index (κ1) is 22.5. The number of nitrogens with one attached hydrogen (secondary N) is 1. The Labute approximate surface area is 188 Å². The first-order valence-corrected chi connectivity index (χ1v) is 11.1. The van der Waals surface area contributed by atoms with Crippen molar-refractivity contribution in [3.63, 3.8) is 0 Å². The molecule has 174 valence electrons. The van der Waals surface area contributed by atoms with Gasteiger partial charge >= 0.3 is 0 Å². The van der Waals surface area contributed by atoms with Crippen LogP contribution in [0.1, 0.15) is 37.9 Å². The topological polar surface area (TPSA) is 80.0 Å². The number of nitrogens with zero attached hydrogens (tertiary/aromatic N) is 6. The van der Waals surface area contributed by atoms with Crippen molar-refractivity contribution in [3.05, 3.63) is 41.5 Å². The lowest BCUT2D eigenvalue weighted by atomic mass is 10.0. The summed E-state index contributed by atoms with van der Waals surface area (Å²) in [6, 6.07) is 5.08. The Morgan fingerprint density at radius 3 is 2.69 bits per heavy atom. The maximum atomic E-state index is 14.6. The van der Waals surface area contributed by atoms with Crippen molar-refractivity contribution < 1.29 is 14.0 Å². The van der Waals surface area contributed by atoms with Crippen LogP contribution in [0.15, 0.2) is 29.4 Å². The Morgan fingerprint density at radius 1 is 1.25 bits per heavy atom. The van der Waals surface area contributed by atoms with E-state index in [0.717, 1.165) is 37.2 Å². The number of piperidine rings is 1. The van der Waals surface area contributed by atoms with Crippen molar-refractivity contribution in [1.82, 2.24) is 30.3 Å². The van der Waals surface area contributed by atoms with E-state index in [4.69, 9.17) is 14.6 Å².